The summed E-state index contributed by atoms with van der Waals surface area (Å²) in [6.45, 7) is 0.205. The molecule has 1 aromatic heterocycles. The van der Waals surface area contributed by atoms with Crippen LogP contribution in [-0.4, -0.2) is 24.0 Å². The van der Waals surface area contributed by atoms with Gasteiger partial charge in [-0.15, -0.1) is 0 Å². The fourth-order valence-electron chi connectivity index (χ4n) is 1.72. The largest absolute Gasteiger partial charge is 0.465 e. The zero-order chi connectivity index (χ0) is 15.2. The molecule has 6 heteroatoms. The molecule has 1 heterocycles. The second-order valence-corrected chi connectivity index (χ2v) is 4.66. The number of carbonyl (C=O) groups is 2. The number of esters is 1. The van der Waals surface area contributed by atoms with Crippen LogP contribution >= 0.6 is 11.6 Å². The second-order valence-electron chi connectivity index (χ2n) is 4.22. The van der Waals surface area contributed by atoms with Gasteiger partial charge in [0.2, 0.25) is 0 Å². The molecule has 2 aromatic rings. The minimum Gasteiger partial charge on any atom is -0.465 e. The first-order valence-corrected chi connectivity index (χ1v) is 6.55. The lowest BCUT2D eigenvalue weighted by Crippen LogP contribution is -2.23. The Balaban J connectivity index is 2.03. The van der Waals surface area contributed by atoms with Crippen molar-refractivity contribution in [1.29, 1.82) is 0 Å². The molecule has 0 aliphatic heterocycles. The molecule has 0 unspecified atom stereocenters. The Labute approximate surface area is 126 Å². The molecular formula is C15H13ClN2O3. The van der Waals surface area contributed by atoms with E-state index in [9.17, 15) is 9.59 Å². The highest BCUT2D eigenvalue weighted by Crippen LogP contribution is 2.10. The first-order valence-electron chi connectivity index (χ1n) is 6.17. The van der Waals surface area contributed by atoms with Gasteiger partial charge in [0, 0.05) is 16.8 Å². The van der Waals surface area contributed by atoms with E-state index in [1.807, 2.05) is 0 Å². The summed E-state index contributed by atoms with van der Waals surface area (Å²) in [6.07, 6.45) is 1.49. The van der Waals surface area contributed by atoms with Gasteiger partial charge in [-0.3, -0.25) is 9.78 Å². The van der Waals surface area contributed by atoms with Gasteiger partial charge in [-0.2, -0.15) is 0 Å². The Morgan fingerprint density at radius 3 is 2.76 bits per heavy atom. The van der Waals surface area contributed by atoms with Crippen molar-refractivity contribution in [3.05, 3.63) is 64.4 Å². The Morgan fingerprint density at radius 2 is 2.05 bits per heavy atom. The van der Waals surface area contributed by atoms with E-state index >= 15 is 0 Å². The van der Waals surface area contributed by atoms with Crippen LogP contribution in [0.4, 0.5) is 0 Å². The molecule has 0 fully saturated rings. The Morgan fingerprint density at radius 1 is 1.24 bits per heavy atom. The lowest BCUT2D eigenvalue weighted by Gasteiger charge is -2.06. The van der Waals surface area contributed by atoms with Gasteiger partial charge in [0.15, 0.2) is 0 Å². The van der Waals surface area contributed by atoms with Crippen LogP contribution in [0.25, 0.3) is 0 Å². The van der Waals surface area contributed by atoms with E-state index in [1.54, 1.807) is 36.4 Å². The molecule has 0 saturated carbocycles. The molecule has 0 spiro atoms. The van der Waals surface area contributed by atoms with E-state index in [-0.39, 0.29) is 12.5 Å². The molecule has 1 amide bonds. The summed E-state index contributed by atoms with van der Waals surface area (Å²) < 4.78 is 4.63. The first kappa shape index (κ1) is 15.0. The number of carbonyl (C=O) groups excluding carboxylic acids is 2. The van der Waals surface area contributed by atoms with Crippen LogP contribution < -0.4 is 5.32 Å². The number of nitrogens with one attached hydrogen (secondary N) is 1. The highest BCUT2D eigenvalue weighted by atomic mass is 35.5. The number of hydrogen-bond acceptors (Lipinski definition) is 4. The van der Waals surface area contributed by atoms with Crippen molar-refractivity contribution in [2.45, 2.75) is 6.54 Å². The van der Waals surface area contributed by atoms with Crippen molar-refractivity contribution in [1.82, 2.24) is 10.3 Å². The van der Waals surface area contributed by atoms with Crippen LogP contribution in [-0.2, 0) is 11.3 Å². The maximum absolute atomic E-state index is 12.0. The zero-order valence-corrected chi connectivity index (χ0v) is 12.1. The number of methoxy groups -OCH3 is 1. The van der Waals surface area contributed by atoms with Crippen molar-refractivity contribution < 1.29 is 14.3 Å². The molecule has 0 saturated heterocycles. The SMILES string of the molecule is COC(=O)c1ccnc(CNC(=O)c2cccc(Cl)c2)c1. The Bertz CT molecular complexity index is 673. The summed E-state index contributed by atoms with van der Waals surface area (Å²) in [5.74, 6) is -0.706. The Kier molecular flexibility index (Phi) is 4.90. The third-order valence-electron chi connectivity index (χ3n) is 2.75. The summed E-state index contributed by atoms with van der Waals surface area (Å²) in [7, 11) is 1.31. The van der Waals surface area contributed by atoms with Crippen LogP contribution in [0, 0.1) is 0 Å². The third-order valence-corrected chi connectivity index (χ3v) is 2.99. The monoisotopic (exact) mass is 304 g/mol. The quantitative estimate of drug-likeness (QED) is 0.881. The van der Waals surface area contributed by atoms with Crippen LogP contribution in [0.3, 0.4) is 0 Å². The zero-order valence-electron chi connectivity index (χ0n) is 11.3. The molecule has 5 nitrogen and oxygen atoms in total. The molecular weight excluding hydrogens is 292 g/mol. The van der Waals surface area contributed by atoms with Crippen molar-refractivity contribution in [2.75, 3.05) is 7.11 Å². The highest BCUT2D eigenvalue weighted by molar-refractivity contribution is 6.30. The van der Waals surface area contributed by atoms with Gasteiger partial charge >= 0.3 is 5.97 Å². The standard InChI is InChI=1S/C15H13ClN2O3/c1-21-15(20)11-5-6-17-13(8-11)9-18-14(19)10-3-2-4-12(16)7-10/h2-8H,9H2,1H3,(H,18,19). The average Bonchev–Trinajstić information content (AvgIpc) is 2.52. The van der Waals surface area contributed by atoms with Gasteiger partial charge in [-0.1, -0.05) is 17.7 Å². The minimum atomic E-state index is -0.445. The smallest absolute Gasteiger partial charge is 0.337 e. The third kappa shape index (κ3) is 4.03. The van der Waals surface area contributed by atoms with Crippen LogP contribution in [0.2, 0.25) is 5.02 Å². The molecule has 2 rings (SSSR count). The number of rotatable bonds is 4. The van der Waals surface area contributed by atoms with Gasteiger partial charge in [-0.05, 0) is 30.3 Å². The fourth-order valence-corrected chi connectivity index (χ4v) is 1.91. The predicted octanol–water partition coefficient (Wildman–Crippen LogP) is 2.45. The lowest BCUT2D eigenvalue weighted by molar-refractivity contribution is 0.0600. The molecule has 0 aliphatic rings. The van der Waals surface area contributed by atoms with Crippen molar-refractivity contribution in [3.8, 4) is 0 Å². The first-order chi connectivity index (χ1) is 10.1. The van der Waals surface area contributed by atoms with Crippen molar-refractivity contribution in [3.63, 3.8) is 0 Å². The maximum atomic E-state index is 12.0. The highest BCUT2D eigenvalue weighted by Gasteiger charge is 2.09. The van der Waals surface area contributed by atoms with Crippen molar-refractivity contribution in [2.24, 2.45) is 0 Å². The molecule has 0 aliphatic carbocycles. The van der Waals surface area contributed by atoms with Crippen LogP contribution in [0.1, 0.15) is 26.4 Å². The van der Waals surface area contributed by atoms with Crippen LogP contribution in [0.15, 0.2) is 42.6 Å². The molecule has 21 heavy (non-hydrogen) atoms. The summed E-state index contributed by atoms with van der Waals surface area (Å²) >= 11 is 5.83. The number of aromatic nitrogens is 1. The summed E-state index contributed by atoms with van der Waals surface area (Å²) in [5, 5.41) is 3.21. The molecule has 108 valence electrons. The van der Waals surface area contributed by atoms with Crippen molar-refractivity contribution >= 4 is 23.5 Å². The summed E-state index contributed by atoms with van der Waals surface area (Å²) in [5.41, 5.74) is 1.42. The minimum absolute atomic E-state index is 0.205. The topological polar surface area (TPSA) is 68.3 Å². The van der Waals surface area contributed by atoms with Gasteiger partial charge in [0.1, 0.15) is 0 Å². The number of benzene rings is 1. The summed E-state index contributed by atoms with van der Waals surface area (Å²) in [6, 6.07) is 9.76. The number of ether oxygens (including phenoxy) is 1. The predicted molar refractivity (Wildman–Crippen MR) is 78.2 cm³/mol. The lowest BCUT2D eigenvalue weighted by atomic mass is 10.2. The number of hydrogen-bond donors (Lipinski definition) is 1. The van der Waals surface area contributed by atoms with E-state index in [0.29, 0.717) is 21.8 Å². The van der Waals surface area contributed by atoms with Gasteiger partial charge in [-0.25, -0.2) is 4.79 Å². The number of halogens is 1. The molecule has 0 radical (unpaired) electrons. The Hall–Kier alpha value is -2.40. The van der Waals surface area contributed by atoms with Crippen LogP contribution in [0.5, 0.6) is 0 Å². The average molecular weight is 305 g/mol. The normalized spacial score (nSPS) is 10.0. The number of pyridine rings is 1. The second kappa shape index (κ2) is 6.85. The van der Waals surface area contributed by atoms with E-state index in [4.69, 9.17) is 11.6 Å². The number of nitrogens with zero attached hydrogens (tertiary/aromatic N) is 1. The number of amides is 1. The van der Waals surface area contributed by atoms with Gasteiger partial charge < -0.3 is 10.1 Å². The van der Waals surface area contributed by atoms with E-state index in [0.717, 1.165) is 0 Å². The summed E-state index contributed by atoms with van der Waals surface area (Å²) in [4.78, 5) is 27.5. The molecule has 0 bridgehead atoms. The van der Waals surface area contributed by atoms with E-state index in [1.165, 1.54) is 13.3 Å². The van der Waals surface area contributed by atoms with Gasteiger partial charge in [0.25, 0.3) is 5.91 Å². The maximum Gasteiger partial charge on any atom is 0.337 e. The fraction of sp³-hybridized carbons (Fsp3) is 0.133. The molecule has 1 N–H and O–H groups in total. The van der Waals surface area contributed by atoms with E-state index in [2.05, 4.69) is 15.0 Å². The van der Waals surface area contributed by atoms with E-state index < -0.39 is 5.97 Å². The van der Waals surface area contributed by atoms with Gasteiger partial charge in [0.05, 0.1) is 24.9 Å². The molecule has 0 atom stereocenters. The molecule has 1 aromatic carbocycles.